The van der Waals surface area contributed by atoms with E-state index in [-0.39, 0.29) is 0 Å². The lowest BCUT2D eigenvalue weighted by molar-refractivity contribution is 0.337. The lowest BCUT2D eigenvalue weighted by Gasteiger charge is -2.14. The molecule has 3 rings (SSSR count). The number of anilines is 1. The van der Waals surface area contributed by atoms with Crippen LogP contribution in [0.1, 0.15) is 19.3 Å². The van der Waals surface area contributed by atoms with Gasteiger partial charge in [-0.3, -0.25) is 4.98 Å². The van der Waals surface area contributed by atoms with E-state index < -0.39 is 0 Å². The number of pyridine rings is 1. The molecule has 1 N–H and O–H groups in total. The number of nitrogens with one attached hydrogen (secondary N) is 1. The summed E-state index contributed by atoms with van der Waals surface area (Å²) in [5.41, 5.74) is 1.54. The highest BCUT2D eigenvalue weighted by molar-refractivity contribution is 5.71. The number of hydrogen-bond acceptors (Lipinski definition) is 5. The molecular formula is C14H19N5. The normalized spacial score (nSPS) is 16.0. The third kappa shape index (κ3) is 3.17. The number of aromatic nitrogens is 3. The van der Waals surface area contributed by atoms with Crippen molar-refractivity contribution in [1.29, 1.82) is 0 Å². The molecule has 1 fully saturated rings. The first-order chi connectivity index (χ1) is 9.42. The second kappa shape index (κ2) is 5.93. The minimum Gasteiger partial charge on any atom is -0.370 e. The van der Waals surface area contributed by atoms with E-state index in [2.05, 4.69) is 25.2 Å². The zero-order chi connectivity index (χ0) is 12.9. The molecule has 0 bridgehead atoms. The number of rotatable bonds is 5. The molecule has 1 aliphatic rings. The van der Waals surface area contributed by atoms with Gasteiger partial charge < -0.3 is 10.2 Å². The molecule has 0 aliphatic carbocycles. The van der Waals surface area contributed by atoms with Gasteiger partial charge in [0.1, 0.15) is 11.3 Å². The van der Waals surface area contributed by atoms with Crippen molar-refractivity contribution in [1.82, 2.24) is 19.9 Å². The summed E-state index contributed by atoms with van der Waals surface area (Å²) in [6.45, 7) is 4.67. The molecule has 19 heavy (non-hydrogen) atoms. The fourth-order valence-electron chi connectivity index (χ4n) is 2.48. The van der Waals surface area contributed by atoms with Crippen LogP contribution in [0.15, 0.2) is 24.5 Å². The van der Waals surface area contributed by atoms with Gasteiger partial charge in [-0.2, -0.15) is 0 Å². The molecule has 1 aliphatic heterocycles. The molecule has 0 aromatic carbocycles. The van der Waals surface area contributed by atoms with Crippen LogP contribution in [-0.4, -0.2) is 46.0 Å². The van der Waals surface area contributed by atoms with Crippen molar-refractivity contribution < 1.29 is 0 Å². The van der Waals surface area contributed by atoms with Gasteiger partial charge in [-0.05, 0) is 51.0 Å². The summed E-state index contributed by atoms with van der Waals surface area (Å²) in [5, 5.41) is 3.36. The smallest absolute Gasteiger partial charge is 0.180 e. The van der Waals surface area contributed by atoms with Crippen LogP contribution in [0.5, 0.6) is 0 Å². The minimum absolute atomic E-state index is 0.701. The van der Waals surface area contributed by atoms with Crippen molar-refractivity contribution in [3.05, 3.63) is 24.5 Å². The van der Waals surface area contributed by atoms with Crippen LogP contribution in [0.2, 0.25) is 0 Å². The maximum Gasteiger partial charge on any atom is 0.180 e. The maximum absolute atomic E-state index is 4.45. The van der Waals surface area contributed by atoms with Crippen molar-refractivity contribution in [2.45, 2.75) is 19.3 Å². The summed E-state index contributed by atoms with van der Waals surface area (Å²) in [6.07, 6.45) is 7.23. The topological polar surface area (TPSA) is 53.9 Å². The SMILES string of the molecule is c1cnc2nc(NCCCN3CCCC3)ccc2n1. The quantitative estimate of drug-likeness (QED) is 0.829. The Balaban J connectivity index is 1.50. The van der Waals surface area contributed by atoms with E-state index in [0.717, 1.165) is 24.3 Å². The van der Waals surface area contributed by atoms with E-state index in [0.29, 0.717) is 5.65 Å². The van der Waals surface area contributed by atoms with Gasteiger partial charge in [-0.1, -0.05) is 0 Å². The predicted molar refractivity (Wildman–Crippen MR) is 76.1 cm³/mol. The van der Waals surface area contributed by atoms with Crippen LogP contribution in [-0.2, 0) is 0 Å². The molecule has 5 heteroatoms. The summed E-state index contributed by atoms with van der Waals surface area (Å²) in [6, 6.07) is 3.92. The third-order valence-electron chi connectivity index (χ3n) is 3.49. The summed E-state index contributed by atoms with van der Waals surface area (Å²) in [4.78, 5) is 15.4. The van der Waals surface area contributed by atoms with Gasteiger partial charge in [-0.25, -0.2) is 9.97 Å². The van der Waals surface area contributed by atoms with E-state index >= 15 is 0 Å². The van der Waals surface area contributed by atoms with Gasteiger partial charge >= 0.3 is 0 Å². The van der Waals surface area contributed by atoms with E-state index in [1.807, 2.05) is 12.1 Å². The summed E-state index contributed by atoms with van der Waals surface area (Å²) in [5.74, 6) is 0.884. The molecule has 2 aromatic heterocycles. The van der Waals surface area contributed by atoms with E-state index in [9.17, 15) is 0 Å². The summed E-state index contributed by atoms with van der Waals surface area (Å²) < 4.78 is 0. The van der Waals surface area contributed by atoms with Gasteiger partial charge in [0.15, 0.2) is 5.65 Å². The largest absolute Gasteiger partial charge is 0.370 e. The first-order valence-corrected chi connectivity index (χ1v) is 6.96. The Morgan fingerprint density at radius 3 is 2.84 bits per heavy atom. The number of nitrogens with zero attached hydrogens (tertiary/aromatic N) is 4. The molecular weight excluding hydrogens is 238 g/mol. The van der Waals surface area contributed by atoms with Crippen LogP contribution in [0.3, 0.4) is 0 Å². The highest BCUT2D eigenvalue weighted by Crippen LogP contribution is 2.11. The molecule has 100 valence electrons. The highest BCUT2D eigenvalue weighted by Gasteiger charge is 2.10. The van der Waals surface area contributed by atoms with Gasteiger partial charge in [0.25, 0.3) is 0 Å². The molecule has 2 aromatic rings. The lowest BCUT2D eigenvalue weighted by Crippen LogP contribution is -2.22. The molecule has 0 radical (unpaired) electrons. The molecule has 3 heterocycles. The predicted octanol–water partition coefficient (Wildman–Crippen LogP) is 1.92. The molecule has 0 spiro atoms. The van der Waals surface area contributed by atoms with Crippen molar-refractivity contribution in [2.75, 3.05) is 31.5 Å². The first kappa shape index (κ1) is 12.3. The number of likely N-dealkylation sites (tertiary alicyclic amines) is 1. The second-order valence-corrected chi connectivity index (χ2v) is 4.92. The number of hydrogen-bond donors (Lipinski definition) is 1. The Bertz CT molecular complexity index is 536. The standard InChI is InChI=1S/C14H19N5/c1-2-10-19(9-1)11-3-6-16-13-5-4-12-14(18-13)17-8-7-15-12/h4-5,7-8H,1-3,6,9-11H2,(H,16,17,18). The molecule has 0 atom stereocenters. The first-order valence-electron chi connectivity index (χ1n) is 6.96. The van der Waals surface area contributed by atoms with Crippen molar-refractivity contribution in [3.8, 4) is 0 Å². The Kier molecular flexibility index (Phi) is 3.83. The summed E-state index contributed by atoms with van der Waals surface area (Å²) >= 11 is 0. The molecule has 0 saturated carbocycles. The fourth-order valence-corrected chi connectivity index (χ4v) is 2.48. The zero-order valence-corrected chi connectivity index (χ0v) is 11.0. The van der Waals surface area contributed by atoms with Crippen LogP contribution < -0.4 is 5.32 Å². The average molecular weight is 257 g/mol. The summed E-state index contributed by atoms with van der Waals surface area (Å²) in [7, 11) is 0. The second-order valence-electron chi connectivity index (χ2n) is 4.92. The van der Waals surface area contributed by atoms with Gasteiger partial charge in [0.05, 0.1) is 0 Å². The third-order valence-corrected chi connectivity index (χ3v) is 3.49. The van der Waals surface area contributed by atoms with Crippen LogP contribution in [0.25, 0.3) is 11.2 Å². The van der Waals surface area contributed by atoms with Crippen molar-refractivity contribution >= 4 is 17.0 Å². The van der Waals surface area contributed by atoms with Crippen LogP contribution in [0, 0.1) is 0 Å². The van der Waals surface area contributed by atoms with Crippen LogP contribution in [0.4, 0.5) is 5.82 Å². The van der Waals surface area contributed by atoms with Gasteiger partial charge in [-0.15, -0.1) is 0 Å². The Labute approximate surface area is 113 Å². The van der Waals surface area contributed by atoms with Crippen molar-refractivity contribution in [3.63, 3.8) is 0 Å². The molecule has 0 amide bonds. The maximum atomic E-state index is 4.45. The lowest BCUT2D eigenvalue weighted by atomic mass is 10.3. The highest BCUT2D eigenvalue weighted by atomic mass is 15.1. The Morgan fingerprint density at radius 1 is 1.11 bits per heavy atom. The number of fused-ring (bicyclic) bond motifs is 1. The minimum atomic E-state index is 0.701. The van der Waals surface area contributed by atoms with Crippen LogP contribution >= 0.6 is 0 Å². The van der Waals surface area contributed by atoms with Gasteiger partial charge in [0.2, 0.25) is 0 Å². The monoisotopic (exact) mass is 257 g/mol. The van der Waals surface area contributed by atoms with E-state index in [1.165, 1.54) is 32.5 Å². The Morgan fingerprint density at radius 2 is 1.95 bits per heavy atom. The molecule has 5 nitrogen and oxygen atoms in total. The van der Waals surface area contributed by atoms with Gasteiger partial charge in [0, 0.05) is 18.9 Å². The van der Waals surface area contributed by atoms with Crippen molar-refractivity contribution in [2.24, 2.45) is 0 Å². The Hall–Kier alpha value is -1.75. The molecule has 1 saturated heterocycles. The van der Waals surface area contributed by atoms with E-state index in [1.54, 1.807) is 12.4 Å². The fraction of sp³-hybridized carbons (Fsp3) is 0.500. The molecule has 0 unspecified atom stereocenters. The average Bonchev–Trinajstić information content (AvgIpc) is 2.97. The van der Waals surface area contributed by atoms with E-state index in [4.69, 9.17) is 0 Å². The zero-order valence-electron chi connectivity index (χ0n) is 11.0.